The van der Waals surface area contributed by atoms with Crippen LogP contribution in [0.15, 0.2) is 30.5 Å². The number of aromatic hydroxyl groups is 2. The first-order chi connectivity index (χ1) is 9.76. The van der Waals surface area contributed by atoms with Crippen molar-refractivity contribution in [2.24, 2.45) is 0 Å². The van der Waals surface area contributed by atoms with Gasteiger partial charge in [0, 0.05) is 12.3 Å². The quantitative estimate of drug-likeness (QED) is 0.758. The molecule has 0 fully saturated rings. The van der Waals surface area contributed by atoms with Gasteiger partial charge in [-0.15, -0.1) is 0 Å². The number of amides is 1. The SMILES string of the molecule is O=C(Nc1ccn(CC(F)(F)F)n1)c1cccc(O)c1O. The van der Waals surface area contributed by atoms with E-state index in [1.165, 1.54) is 24.3 Å². The van der Waals surface area contributed by atoms with Crippen molar-refractivity contribution in [3.63, 3.8) is 0 Å². The minimum atomic E-state index is -4.42. The fraction of sp³-hybridized carbons (Fsp3) is 0.167. The number of para-hydroxylation sites is 1. The summed E-state index contributed by atoms with van der Waals surface area (Å²) in [5.41, 5.74) is -0.222. The zero-order valence-electron chi connectivity index (χ0n) is 10.4. The molecule has 1 aromatic carbocycles. The molecule has 3 N–H and O–H groups in total. The summed E-state index contributed by atoms with van der Waals surface area (Å²) in [5.74, 6) is -2.01. The Morgan fingerprint density at radius 1 is 1.29 bits per heavy atom. The maximum Gasteiger partial charge on any atom is 0.408 e. The molecule has 1 heterocycles. The zero-order chi connectivity index (χ0) is 15.6. The molecule has 0 aliphatic carbocycles. The number of benzene rings is 1. The van der Waals surface area contributed by atoms with E-state index in [-0.39, 0.29) is 11.4 Å². The highest BCUT2D eigenvalue weighted by Gasteiger charge is 2.28. The number of carbonyl (C=O) groups is 1. The van der Waals surface area contributed by atoms with E-state index in [0.29, 0.717) is 4.68 Å². The average molecular weight is 301 g/mol. The topological polar surface area (TPSA) is 87.4 Å². The Bertz CT molecular complexity index is 667. The van der Waals surface area contributed by atoms with E-state index >= 15 is 0 Å². The standard InChI is InChI=1S/C12H10F3N3O3/c13-12(14,15)6-18-5-4-9(17-18)16-11(21)7-2-1-3-8(19)10(7)20/h1-5,19-20H,6H2,(H,16,17,21). The molecule has 21 heavy (non-hydrogen) atoms. The van der Waals surface area contributed by atoms with Crippen LogP contribution in [0.1, 0.15) is 10.4 Å². The number of aromatic nitrogens is 2. The summed E-state index contributed by atoms with van der Waals surface area (Å²) in [4.78, 5) is 11.8. The monoisotopic (exact) mass is 301 g/mol. The second kappa shape index (κ2) is 5.35. The molecule has 0 aliphatic rings. The second-order valence-corrected chi connectivity index (χ2v) is 4.14. The van der Waals surface area contributed by atoms with Gasteiger partial charge in [-0.3, -0.25) is 9.48 Å². The van der Waals surface area contributed by atoms with Gasteiger partial charge in [0.05, 0.1) is 5.56 Å². The van der Waals surface area contributed by atoms with Crippen LogP contribution >= 0.6 is 0 Å². The van der Waals surface area contributed by atoms with Gasteiger partial charge in [-0.2, -0.15) is 18.3 Å². The number of rotatable bonds is 3. The number of alkyl halides is 3. The maximum atomic E-state index is 12.2. The fourth-order valence-electron chi connectivity index (χ4n) is 1.60. The van der Waals surface area contributed by atoms with E-state index in [4.69, 9.17) is 0 Å². The Hall–Kier alpha value is -2.71. The molecule has 6 nitrogen and oxygen atoms in total. The van der Waals surface area contributed by atoms with Gasteiger partial charge in [-0.05, 0) is 12.1 Å². The first-order valence-electron chi connectivity index (χ1n) is 5.69. The predicted molar refractivity (Wildman–Crippen MR) is 66.0 cm³/mol. The van der Waals surface area contributed by atoms with Crippen molar-refractivity contribution in [3.8, 4) is 11.5 Å². The molecule has 0 radical (unpaired) electrons. The molecule has 1 aromatic heterocycles. The number of hydrogen-bond donors (Lipinski definition) is 3. The predicted octanol–water partition coefficient (Wildman–Crippen LogP) is 2.11. The molecule has 2 rings (SSSR count). The summed E-state index contributed by atoms with van der Waals surface area (Å²) in [6, 6.07) is 4.96. The third-order valence-corrected chi connectivity index (χ3v) is 2.48. The van der Waals surface area contributed by atoms with Crippen molar-refractivity contribution in [1.82, 2.24) is 9.78 Å². The van der Waals surface area contributed by atoms with Crippen LogP contribution in [0.4, 0.5) is 19.0 Å². The molecule has 0 bridgehead atoms. The van der Waals surface area contributed by atoms with Crippen molar-refractivity contribution in [1.29, 1.82) is 0 Å². The summed E-state index contributed by atoms with van der Waals surface area (Å²) in [5, 5.41) is 24.5. The number of nitrogens with one attached hydrogen (secondary N) is 1. The lowest BCUT2D eigenvalue weighted by atomic mass is 10.1. The normalized spacial score (nSPS) is 11.4. The van der Waals surface area contributed by atoms with Gasteiger partial charge in [-0.1, -0.05) is 6.07 Å². The van der Waals surface area contributed by atoms with Crippen LogP contribution in [0.2, 0.25) is 0 Å². The van der Waals surface area contributed by atoms with Gasteiger partial charge in [0.2, 0.25) is 0 Å². The summed E-state index contributed by atoms with van der Waals surface area (Å²) in [6.07, 6.45) is -3.36. The van der Waals surface area contributed by atoms with E-state index in [1.807, 2.05) is 0 Å². The molecular weight excluding hydrogens is 291 g/mol. The highest BCUT2D eigenvalue weighted by Crippen LogP contribution is 2.28. The first-order valence-corrected chi connectivity index (χ1v) is 5.69. The molecule has 0 unspecified atom stereocenters. The number of carbonyl (C=O) groups excluding carboxylic acids is 1. The third kappa shape index (κ3) is 3.65. The van der Waals surface area contributed by atoms with Gasteiger partial charge in [0.25, 0.3) is 5.91 Å². The number of hydrogen-bond acceptors (Lipinski definition) is 4. The van der Waals surface area contributed by atoms with Crippen molar-refractivity contribution in [2.75, 3.05) is 5.32 Å². The van der Waals surface area contributed by atoms with Crippen LogP contribution in [0.3, 0.4) is 0 Å². The van der Waals surface area contributed by atoms with Gasteiger partial charge < -0.3 is 15.5 Å². The Kier molecular flexibility index (Phi) is 3.74. The van der Waals surface area contributed by atoms with Crippen molar-refractivity contribution < 1.29 is 28.2 Å². The van der Waals surface area contributed by atoms with Crippen LogP contribution < -0.4 is 5.32 Å². The van der Waals surface area contributed by atoms with Crippen LogP contribution in [0.5, 0.6) is 11.5 Å². The van der Waals surface area contributed by atoms with Gasteiger partial charge in [0.15, 0.2) is 17.3 Å². The number of phenolic OH excluding ortho intramolecular Hbond substituents is 2. The third-order valence-electron chi connectivity index (χ3n) is 2.48. The minimum Gasteiger partial charge on any atom is -0.504 e. The van der Waals surface area contributed by atoms with E-state index in [0.717, 1.165) is 6.20 Å². The van der Waals surface area contributed by atoms with Crippen LogP contribution in [-0.2, 0) is 6.54 Å². The van der Waals surface area contributed by atoms with E-state index < -0.39 is 30.1 Å². The lowest BCUT2D eigenvalue weighted by Gasteiger charge is -2.07. The Morgan fingerprint density at radius 3 is 2.67 bits per heavy atom. The Morgan fingerprint density at radius 2 is 2.00 bits per heavy atom. The minimum absolute atomic E-state index is 0.105. The van der Waals surface area contributed by atoms with Crippen LogP contribution in [0.25, 0.3) is 0 Å². The van der Waals surface area contributed by atoms with E-state index in [1.54, 1.807) is 0 Å². The molecule has 0 aliphatic heterocycles. The summed E-state index contributed by atoms with van der Waals surface area (Å²) in [7, 11) is 0. The summed E-state index contributed by atoms with van der Waals surface area (Å²) < 4.78 is 37.1. The molecule has 0 atom stereocenters. The number of phenols is 2. The molecule has 9 heteroatoms. The highest BCUT2D eigenvalue weighted by molar-refractivity contribution is 6.06. The molecule has 0 saturated heterocycles. The Labute approximate surface area is 116 Å². The average Bonchev–Trinajstić information content (AvgIpc) is 2.77. The number of nitrogens with zero attached hydrogens (tertiary/aromatic N) is 2. The fourth-order valence-corrected chi connectivity index (χ4v) is 1.60. The molecule has 1 amide bonds. The van der Waals surface area contributed by atoms with Crippen LogP contribution in [0, 0.1) is 0 Å². The molecule has 0 spiro atoms. The van der Waals surface area contributed by atoms with E-state index in [9.17, 15) is 28.2 Å². The highest BCUT2D eigenvalue weighted by atomic mass is 19.4. The molecule has 112 valence electrons. The molecular formula is C12H10F3N3O3. The molecule has 0 saturated carbocycles. The van der Waals surface area contributed by atoms with Crippen molar-refractivity contribution in [3.05, 3.63) is 36.0 Å². The van der Waals surface area contributed by atoms with Crippen molar-refractivity contribution in [2.45, 2.75) is 12.7 Å². The van der Waals surface area contributed by atoms with Crippen LogP contribution in [-0.4, -0.2) is 32.1 Å². The number of halogens is 3. The van der Waals surface area contributed by atoms with Gasteiger partial charge in [-0.25, -0.2) is 0 Å². The molecule has 2 aromatic rings. The van der Waals surface area contributed by atoms with E-state index in [2.05, 4.69) is 10.4 Å². The lowest BCUT2D eigenvalue weighted by Crippen LogP contribution is -2.18. The summed E-state index contributed by atoms with van der Waals surface area (Å²) in [6.45, 7) is -1.28. The maximum absolute atomic E-state index is 12.2. The smallest absolute Gasteiger partial charge is 0.408 e. The largest absolute Gasteiger partial charge is 0.504 e. The second-order valence-electron chi connectivity index (χ2n) is 4.14. The first kappa shape index (κ1) is 14.7. The zero-order valence-corrected chi connectivity index (χ0v) is 10.4. The van der Waals surface area contributed by atoms with Gasteiger partial charge >= 0.3 is 6.18 Å². The summed E-state index contributed by atoms with van der Waals surface area (Å²) >= 11 is 0. The van der Waals surface area contributed by atoms with Crippen molar-refractivity contribution >= 4 is 11.7 Å². The Balaban J connectivity index is 2.12. The number of anilines is 1. The van der Waals surface area contributed by atoms with Gasteiger partial charge in [0.1, 0.15) is 6.54 Å². The lowest BCUT2D eigenvalue weighted by molar-refractivity contribution is -0.142.